The maximum atomic E-state index is 12.6. The third-order valence-electron chi connectivity index (χ3n) is 5.37. The van der Waals surface area contributed by atoms with Crippen molar-refractivity contribution in [2.75, 3.05) is 51.3 Å². The summed E-state index contributed by atoms with van der Waals surface area (Å²) in [6, 6.07) is 7.44. The van der Waals surface area contributed by atoms with Gasteiger partial charge >= 0.3 is 5.97 Å². The molecule has 2 aliphatic rings. The molecule has 0 bridgehead atoms. The molecule has 2 aliphatic heterocycles. The van der Waals surface area contributed by atoms with Crippen LogP contribution in [0, 0.1) is 5.92 Å². The average molecular weight is 403 g/mol. The Morgan fingerprint density at radius 3 is 2.86 bits per heavy atom. The highest BCUT2D eigenvalue weighted by Gasteiger charge is 2.25. The van der Waals surface area contributed by atoms with Gasteiger partial charge in [0.05, 0.1) is 25.9 Å². The summed E-state index contributed by atoms with van der Waals surface area (Å²) in [6.45, 7) is 3.43. The van der Waals surface area contributed by atoms with Crippen molar-refractivity contribution in [3.8, 4) is 5.75 Å². The molecule has 0 unspecified atom stereocenters. The van der Waals surface area contributed by atoms with E-state index in [1.54, 1.807) is 4.90 Å². The molecule has 2 heterocycles. The molecule has 0 radical (unpaired) electrons. The number of amides is 2. The molecule has 1 aromatic carbocycles. The molecule has 8 nitrogen and oxygen atoms in total. The van der Waals surface area contributed by atoms with Crippen molar-refractivity contribution >= 4 is 23.5 Å². The Balaban J connectivity index is 1.40. The van der Waals surface area contributed by atoms with E-state index in [1.807, 2.05) is 24.3 Å². The molecule has 1 fully saturated rings. The van der Waals surface area contributed by atoms with Gasteiger partial charge in [-0.05, 0) is 37.4 Å². The summed E-state index contributed by atoms with van der Waals surface area (Å²) in [4.78, 5) is 40.0. The van der Waals surface area contributed by atoms with Crippen molar-refractivity contribution in [3.63, 3.8) is 0 Å². The van der Waals surface area contributed by atoms with Gasteiger partial charge in [-0.15, -0.1) is 0 Å². The maximum Gasteiger partial charge on any atom is 0.319 e. The molecule has 0 aromatic heterocycles. The van der Waals surface area contributed by atoms with Crippen molar-refractivity contribution in [3.05, 3.63) is 24.3 Å². The predicted octanol–water partition coefficient (Wildman–Crippen LogP) is 1.19. The van der Waals surface area contributed by atoms with Crippen LogP contribution in [0.25, 0.3) is 0 Å². The fourth-order valence-corrected chi connectivity index (χ4v) is 3.84. The number of carbonyl (C=O) groups is 3. The standard InChI is InChI=1S/C21H29N3O5/c1-28-21(27)15-23-10-4-5-16(14-23)13-22-19(25)8-9-20(26)24-11-12-29-18-7-3-2-6-17(18)24/h2-3,6-7,16H,4-5,8-15H2,1H3,(H,22,25)/t16-/m1/s1. The highest BCUT2D eigenvalue weighted by atomic mass is 16.5. The van der Waals surface area contributed by atoms with E-state index in [0.717, 1.165) is 31.6 Å². The number of methoxy groups -OCH3 is 1. The number of piperidine rings is 1. The minimum atomic E-state index is -0.238. The topological polar surface area (TPSA) is 88.2 Å². The van der Waals surface area contributed by atoms with Crippen LogP contribution in [0.5, 0.6) is 5.75 Å². The Morgan fingerprint density at radius 2 is 2.03 bits per heavy atom. The number of likely N-dealkylation sites (tertiary alicyclic amines) is 1. The number of nitrogens with one attached hydrogen (secondary N) is 1. The number of fused-ring (bicyclic) bond motifs is 1. The largest absolute Gasteiger partial charge is 0.490 e. The first-order valence-corrected chi connectivity index (χ1v) is 10.1. The van der Waals surface area contributed by atoms with E-state index < -0.39 is 0 Å². The molecule has 8 heteroatoms. The third-order valence-corrected chi connectivity index (χ3v) is 5.37. The third kappa shape index (κ3) is 5.93. The van der Waals surface area contributed by atoms with Gasteiger partial charge in [0, 0.05) is 25.9 Å². The van der Waals surface area contributed by atoms with E-state index in [4.69, 9.17) is 9.47 Å². The summed E-state index contributed by atoms with van der Waals surface area (Å²) in [5.74, 6) is 0.574. The average Bonchev–Trinajstić information content (AvgIpc) is 2.75. The lowest BCUT2D eigenvalue weighted by Crippen LogP contribution is -2.43. The second-order valence-electron chi connectivity index (χ2n) is 7.49. The zero-order valence-electron chi connectivity index (χ0n) is 16.9. The Kier molecular flexibility index (Phi) is 7.46. The van der Waals surface area contributed by atoms with Gasteiger partial charge in [0.1, 0.15) is 12.4 Å². The maximum absolute atomic E-state index is 12.6. The molecule has 0 aliphatic carbocycles. The fourth-order valence-electron chi connectivity index (χ4n) is 3.84. The molecule has 0 spiro atoms. The zero-order chi connectivity index (χ0) is 20.6. The summed E-state index contributed by atoms with van der Waals surface area (Å²) >= 11 is 0. The summed E-state index contributed by atoms with van der Waals surface area (Å²) < 4.78 is 10.3. The van der Waals surface area contributed by atoms with Crippen LogP contribution in [-0.4, -0.2) is 69.1 Å². The van der Waals surface area contributed by atoms with E-state index >= 15 is 0 Å². The molecule has 158 valence electrons. The summed E-state index contributed by atoms with van der Waals surface area (Å²) in [7, 11) is 1.39. The molecule has 3 rings (SSSR count). The lowest BCUT2D eigenvalue weighted by Gasteiger charge is -2.32. The van der Waals surface area contributed by atoms with Crippen LogP contribution in [0.4, 0.5) is 5.69 Å². The fraction of sp³-hybridized carbons (Fsp3) is 0.571. The SMILES string of the molecule is COC(=O)CN1CCC[C@H](CNC(=O)CCC(=O)N2CCOc3ccccc32)C1. The van der Waals surface area contributed by atoms with Gasteiger partial charge in [-0.25, -0.2) is 0 Å². The number of anilines is 1. The molecule has 1 atom stereocenters. The minimum Gasteiger partial charge on any atom is -0.490 e. The second kappa shape index (κ2) is 10.2. The number of rotatable bonds is 7. The smallest absolute Gasteiger partial charge is 0.319 e. The summed E-state index contributed by atoms with van der Waals surface area (Å²) in [5, 5.41) is 2.94. The van der Waals surface area contributed by atoms with E-state index in [1.165, 1.54) is 7.11 Å². The van der Waals surface area contributed by atoms with Gasteiger partial charge in [-0.3, -0.25) is 19.3 Å². The van der Waals surface area contributed by atoms with E-state index in [9.17, 15) is 14.4 Å². The first kappa shape index (κ1) is 21.1. The number of ether oxygens (including phenoxy) is 2. The summed E-state index contributed by atoms with van der Waals surface area (Å²) in [6.07, 6.45) is 2.34. The van der Waals surface area contributed by atoms with Gasteiger partial charge in [-0.2, -0.15) is 0 Å². The van der Waals surface area contributed by atoms with Crippen LogP contribution in [0.3, 0.4) is 0 Å². The second-order valence-corrected chi connectivity index (χ2v) is 7.49. The highest BCUT2D eigenvalue weighted by molar-refractivity contribution is 5.97. The molecular weight excluding hydrogens is 374 g/mol. The minimum absolute atomic E-state index is 0.0715. The predicted molar refractivity (Wildman–Crippen MR) is 108 cm³/mol. The van der Waals surface area contributed by atoms with E-state index in [0.29, 0.717) is 31.4 Å². The Hall–Kier alpha value is -2.61. The quantitative estimate of drug-likeness (QED) is 0.688. The van der Waals surface area contributed by atoms with Crippen LogP contribution in [0.15, 0.2) is 24.3 Å². The van der Waals surface area contributed by atoms with Crippen molar-refractivity contribution in [1.82, 2.24) is 10.2 Å². The molecule has 0 saturated carbocycles. The number of hydrogen-bond donors (Lipinski definition) is 1. The number of esters is 1. The van der Waals surface area contributed by atoms with Crippen molar-refractivity contribution in [1.29, 1.82) is 0 Å². The first-order chi connectivity index (χ1) is 14.1. The number of para-hydroxylation sites is 2. The number of carbonyl (C=O) groups excluding carboxylic acids is 3. The summed E-state index contributed by atoms with van der Waals surface area (Å²) in [5.41, 5.74) is 0.761. The Morgan fingerprint density at radius 1 is 1.21 bits per heavy atom. The van der Waals surface area contributed by atoms with Crippen LogP contribution < -0.4 is 15.0 Å². The Bertz CT molecular complexity index is 739. The van der Waals surface area contributed by atoms with Crippen LogP contribution in [-0.2, 0) is 19.1 Å². The van der Waals surface area contributed by atoms with Gasteiger partial charge in [0.2, 0.25) is 11.8 Å². The lowest BCUT2D eigenvalue weighted by molar-refractivity contribution is -0.142. The molecule has 1 saturated heterocycles. The number of hydrogen-bond acceptors (Lipinski definition) is 6. The normalized spacial score (nSPS) is 19.1. The molecule has 1 aromatic rings. The Labute approximate surface area is 171 Å². The van der Waals surface area contributed by atoms with Crippen molar-refractivity contribution in [2.45, 2.75) is 25.7 Å². The molecular formula is C21H29N3O5. The number of nitrogens with zero attached hydrogens (tertiary/aromatic N) is 2. The lowest BCUT2D eigenvalue weighted by atomic mass is 9.98. The van der Waals surface area contributed by atoms with Gasteiger partial charge in [0.25, 0.3) is 0 Å². The van der Waals surface area contributed by atoms with Crippen molar-refractivity contribution < 1.29 is 23.9 Å². The zero-order valence-corrected chi connectivity index (χ0v) is 16.9. The van der Waals surface area contributed by atoms with Crippen LogP contribution in [0.2, 0.25) is 0 Å². The molecule has 2 amide bonds. The molecule has 29 heavy (non-hydrogen) atoms. The van der Waals surface area contributed by atoms with E-state index in [-0.39, 0.29) is 37.2 Å². The van der Waals surface area contributed by atoms with Gasteiger partial charge < -0.3 is 19.7 Å². The van der Waals surface area contributed by atoms with E-state index in [2.05, 4.69) is 10.2 Å². The monoisotopic (exact) mass is 403 g/mol. The van der Waals surface area contributed by atoms with Crippen molar-refractivity contribution in [2.24, 2.45) is 5.92 Å². The highest BCUT2D eigenvalue weighted by Crippen LogP contribution is 2.31. The first-order valence-electron chi connectivity index (χ1n) is 10.1. The number of benzene rings is 1. The van der Waals surface area contributed by atoms with Gasteiger partial charge in [0.15, 0.2) is 0 Å². The van der Waals surface area contributed by atoms with Crippen LogP contribution >= 0.6 is 0 Å². The van der Waals surface area contributed by atoms with Crippen LogP contribution in [0.1, 0.15) is 25.7 Å². The molecule has 1 N–H and O–H groups in total. The van der Waals surface area contributed by atoms with Gasteiger partial charge in [-0.1, -0.05) is 12.1 Å².